The maximum Gasteiger partial charge on any atom is 0.261 e. The average Bonchev–Trinajstić information content (AvgIpc) is 2.98. The molecule has 0 aliphatic carbocycles. The molecule has 102 valence electrons. The number of aliphatic hydroxyl groups excluding tert-OH is 1. The van der Waals surface area contributed by atoms with Crippen LogP contribution < -0.4 is 5.32 Å². The van der Waals surface area contributed by atoms with Crippen LogP contribution in [0.1, 0.15) is 34.9 Å². The van der Waals surface area contributed by atoms with Crippen LogP contribution in [0.4, 0.5) is 0 Å². The zero-order valence-electron chi connectivity index (χ0n) is 10.3. The second-order valence-electron chi connectivity index (χ2n) is 4.25. The lowest BCUT2D eigenvalue weighted by Crippen LogP contribution is -2.33. The number of nitrogens with one attached hydrogen (secondary N) is 1. The van der Waals surface area contributed by atoms with Crippen LogP contribution in [-0.4, -0.2) is 17.1 Å². The predicted molar refractivity (Wildman–Crippen MR) is 77.2 cm³/mol. The summed E-state index contributed by atoms with van der Waals surface area (Å²) >= 11 is 4.70. The maximum absolute atomic E-state index is 11.9. The lowest BCUT2D eigenvalue weighted by atomic mass is 10.1. The van der Waals surface area contributed by atoms with Gasteiger partial charge in [0.2, 0.25) is 0 Å². The van der Waals surface area contributed by atoms with E-state index in [9.17, 15) is 9.90 Å². The SMILES string of the molecule is CC(CC(O)c1ccco1)NC(=O)c1ccc(Br)s1. The van der Waals surface area contributed by atoms with Crippen LogP contribution in [0.15, 0.2) is 38.7 Å². The van der Waals surface area contributed by atoms with E-state index in [2.05, 4.69) is 21.2 Å². The van der Waals surface area contributed by atoms with E-state index in [1.165, 1.54) is 17.6 Å². The van der Waals surface area contributed by atoms with Gasteiger partial charge in [-0.2, -0.15) is 0 Å². The van der Waals surface area contributed by atoms with Crippen molar-refractivity contribution in [3.63, 3.8) is 0 Å². The number of thiophene rings is 1. The zero-order valence-corrected chi connectivity index (χ0v) is 12.7. The molecule has 1 amide bonds. The molecule has 0 fully saturated rings. The number of carbonyl (C=O) groups excluding carboxylic acids is 1. The van der Waals surface area contributed by atoms with E-state index in [0.29, 0.717) is 17.1 Å². The number of halogens is 1. The van der Waals surface area contributed by atoms with Crippen LogP contribution in [-0.2, 0) is 0 Å². The highest BCUT2D eigenvalue weighted by atomic mass is 79.9. The Balaban J connectivity index is 1.87. The smallest absolute Gasteiger partial charge is 0.261 e. The van der Waals surface area contributed by atoms with E-state index in [1.54, 1.807) is 18.2 Å². The van der Waals surface area contributed by atoms with Crippen molar-refractivity contribution in [2.75, 3.05) is 0 Å². The molecule has 4 nitrogen and oxygen atoms in total. The summed E-state index contributed by atoms with van der Waals surface area (Å²) < 4.78 is 6.04. The average molecular weight is 344 g/mol. The number of aliphatic hydroxyl groups is 1. The lowest BCUT2D eigenvalue weighted by Gasteiger charge is -2.16. The van der Waals surface area contributed by atoms with Gasteiger partial charge in [-0.1, -0.05) is 0 Å². The first-order valence-corrected chi connectivity index (χ1v) is 7.45. The summed E-state index contributed by atoms with van der Waals surface area (Å²) in [6, 6.07) is 6.90. The Hall–Kier alpha value is -1.11. The highest BCUT2D eigenvalue weighted by Crippen LogP contribution is 2.23. The monoisotopic (exact) mass is 343 g/mol. The van der Waals surface area contributed by atoms with E-state index in [1.807, 2.05) is 13.0 Å². The summed E-state index contributed by atoms with van der Waals surface area (Å²) in [6.45, 7) is 1.85. The predicted octanol–water partition coefficient (Wildman–Crippen LogP) is 3.35. The molecular formula is C13H14BrNO3S. The van der Waals surface area contributed by atoms with E-state index in [4.69, 9.17) is 4.42 Å². The molecule has 0 saturated carbocycles. The molecule has 0 aliphatic rings. The first kappa shape index (κ1) is 14.3. The lowest BCUT2D eigenvalue weighted by molar-refractivity contribution is 0.0907. The van der Waals surface area contributed by atoms with Crippen molar-refractivity contribution in [2.45, 2.75) is 25.5 Å². The Bertz CT molecular complexity index is 538. The summed E-state index contributed by atoms with van der Waals surface area (Å²) in [7, 11) is 0. The van der Waals surface area contributed by atoms with Crippen molar-refractivity contribution in [1.29, 1.82) is 0 Å². The van der Waals surface area contributed by atoms with Gasteiger partial charge in [-0.15, -0.1) is 11.3 Å². The number of carbonyl (C=O) groups is 1. The number of furan rings is 1. The second kappa shape index (κ2) is 6.36. The summed E-state index contributed by atoms with van der Waals surface area (Å²) in [5, 5.41) is 12.8. The van der Waals surface area contributed by atoms with Gasteiger partial charge in [0, 0.05) is 12.5 Å². The third-order valence-corrected chi connectivity index (χ3v) is 4.25. The first-order chi connectivity index (χ1) is 9.06. The molecule has 2 aromatic rings. The molecule has 0 aromatic carbocycles. The van der Waals surface area contributed by atoms with Crippen molar-refractivity contribution >= 4 is 33.2 Å². The molecule has 2 rings (SSSR count). The molecule has 0 aliphatic heterocycles. The highest BCUT2D eigenvalue weighted by Gasteiger charge is 2.17. The number of amides is 1. The van der Waals surface area contributed by atoms with Crippen LogP contribution in [0.5, 0.6) is 0 Å². The Morgan fingerprint density at radius 1 is 1.53 bits per heavy atom. The molecule has 0 bridgehead atoms. The van der Waals surface area contributed by atoms with Crippen molar-refractivity contribution in [2.24, 2.45) is 0 Å². The van der Waals surface area contributed by atoms with Gasteiger partial charge in [-0.25, -0.2) is 0 Å². The van der Waals surface area contributed by atoms with Crippen molar-refractivity contribution in [3.8, 4) is 0 Å². The van der Waals surface area contributed by atoms with Gasteiger partial charge in [0.1, 0.15) is 11.9 Å². The van der Waals surface area contributed by atoms with Crippen LogP contribution in [0.2, 0.25) is 0 Å². The fourth-order valence-corrected chi connectivity index (χ4v) is 3.01. The van der Waals surface area contributed by atoms with Gasteiger partial charge in [0.25, 0.3) is 5.91 Å². The van der Waals surface area contributed by atoms with Crippen LogP contribution in [0.3, 0.4) is 0 Å². The van der Waals surface area contributed by atoms with Gasteiger partial charge < -0.3 is 14.8 Å². The molecule has 6 heteroatoms. The van der Waals surface area contributed by atoms with Crippen LogP contribution in [0, 0.1) is 0 Å². The first-order valence-electron chi connectivity index (χ1n) is 5.84. The molecule has 0 spiro atoms. The van der Waals surface area contributed by atoms with Gasteiger partial charge >= 0.3 is 0 Å². The van der Waals surface area contributed by atoms with Gasteiger partial charge in [0.15, 0.2) is 0 Å². The summed E-state index contributed by atoms with van der Waals surface area (Å²) in [5.41, 5.74) is 0. The van der Waals surface area contributed by atoms with Crippen LogP contribution in [0.25, 0.3) is 0 Å². The largest absolute Gasteiger partial charge is 0.467 e. The molecule has 2 N–H and O–H groups in total. The highest BCUT2D eigenvalue weighted by molar-refractivity contribution is 9.11. The molecule has 2 heterocycles. The second-order valence-corrected chi connectivity index (χ2v) is 6.71. The molecule has 2 unspecified atom stereocenters. The standard InChI is InChI=1S/C13H14BrNO3S/c1-8(7-9(16)10-3-2-6-18-10)15-13(17)11-4-5-12(14)19-11/h2-6,8-9,16H,7H2,1H3,(H,15,17). The summed E-state index contributed by atoms with van der Waals surface area (Å²) in [5.74, 6) is 0.384. The molecule has 2 aromatic heterocycles. The fourth-order valence-electron chi connectivity index (χ4n) is 1.72. The topological polar surface area (TPSA) is 62.5 Å². The Labute approximate surface area is 123 Å². The minimum Gasteiger partial charge on any atom is -0.467 e. The molecule has 0 saturated heterocycles. The number of rotatable bonds is 5. The zero-order chi connectivity index (χ0) is 13.8. The molecule has 0 radical (unpaired) electrons. The van der Waals surface area contributed by atoms with Crippen LogP contribution >= 0.6 is 27.3 Å². The summed E-state index contributed by atoms with van der Waals surface area (Å²) in [4.78, 5) is 12.6. The van der Waals surface area contributed by atoms with Gasteiger partial charge in [-0.3, -0.25) is 4.79 Å². The van der Waals surface area contributed by atoms with Gasteiger partial charge in [-0.05, 0) is 47.1 Å². The minimum absolute atomic E-state index is 0.130. The molecule has 2 atom stereocenters. The van der Waals surface area contributed by atoms with E-state index < -0.39 is 6.10 Å². The van der Waals surface area contributed by atoms with E-state index >= 15 is 0 Å². The minimum atomic E-state index is -0.708. The third-order valence-electron chi connectivity index (χ3n) is 2.62. The fraction of sp³-hybridized carbons (Fsp3) is 0.308. The van der Waals surface area contributed by atoms with Crippen molar-refractivity contribution < 1.29 is 14.3 Å². The Morgan fingerprint density at radius 2 is 2.32 bits per heavy atom. The molecular weight excluding hydrogens is 330 g/mol. The van der Waals surface area contributed by atoms with E-state index in [0.717, 1.165) is 3.79 Å². The normalized spacial score (nSPS) is 14.1. The number of hydrogen-bond acceptors (Lipinski definition) is 4. The van der Waals surface area contributed by atoms with Gasteiger partial charge in [0.05, 0.1) is 14.9 Å². The molecule has 19 heavy (non-hydrogen) atoms. The van der Waals surface area contributed by atoms with Crippen molar-refractivity contribution in [3.05, 3.63) is 45.0 Å². The maximum atomic E-state index is 11.9. The Morgan fingerprint density at radius 3 is 2.89 bits per heavy atom. The number of hydrogen-bond donors (Lipinski definition) is 2. The third kappa shape index (κ3) is 3.92. The summed E-state index contributed by atoms with van der Waals surface area (Å²) in [6.07, 6.45) is 1.22. The quantitative estimate of drug-likeness (QED) is 0.874. The van der Waals surface area contributed by atoms with E-state index in [-0.39, 0.29) is 11.9 Å². The Kier molecular flexibility index (Phi) is 4.79. The van der Waals surface area contributed by atoms with Crippen molar-refractivity contribution in [1.82, 2.24) is 5.32 Å².